The van der Waals surface area contributed by atoms with Crippen molar-refractivity contribution in [1.82, 2.24) is 15.0 Å². The van der Waals surface area contributed by atoms with Crippen LogP contribution in [0.3, 0.4) is 0 Å². The normalized spacial score (nSPS) is 11.6. The average molecular weight is 426 g/mol. The van der Waals surface area contributed by atoms with Crippen molar-refractivity contribution in [3.63, 3.8) is 0 Å². The Morgan fingerprint density at radius 1 is 1.07 bits per heavy atom. The summed E-state index contributed by atoms with van der Waals surface area (Å²) in [4.78, 5) is 12.9. The molecule has 0 aliphatic carbocycles. The third-order valence-corrected chi connectivity index (χ3v) is 5.01. The fourth-order valence-electron chi connectivity index (χ4n) is 2.78. The molecule has 2 aromatic heterocycles. The van der Waals surface area contributed by atoms with Crippen molar-refractivity contribution >= 4 is 21.3 Å². The van der Waals surface area contributed by atoms with Crippen LogP contribution in [-0.4, -0.2) is 30.0 Å². The van der Waals surface area contributed by atoms with Crippen LogP contribution in [0, 0.1) is 6.92 Å². The van der Waals surface area contributed by atoms with E-state index in [0.717, 1.165) is 11.1 Å². The molecule has 9 nitrogen and oxygen atoms in total. The summed E-state index contributed by atoms with van der Waals surface area (Å²) in [5.74, 6) is 0.766. The maximum Gasteiger partial charge on any atom is 0.328 e. The highest BCUT2D eigenvalue weighted by molar-refractivity contribution is 7.89. The van der Waals surface area contributed by atoms with Crippen LogP contribution in [0.25, 0.3) is 22.7 Å². The summed E-state index contributed by atoms with van der Waals surface area (Å²) >= 11 is 0. The van der Waals surface area contributed by atoms with Gasteiger partial charge < -0.3 is 13.9 Å². The number of aromatic nitrogens is 3. The zero-order valence-corrected chi connectivity index (χ0v) is 17.0. The number of primary sulfonamides is 1. The van der Waals surface area contributed by atoms with Crippen molar-refractivity contribution in [3.05, 3.63) is 54.1 Å². The summed E-state index contributed by atoms with van der Waals surface area (Å²) in [5.41, 5.74) is 2.39. The molecule has 0 unspecified atom stereocenters. The molecule has 0 atom stereocenters. The third-order valence-electron chi connectivity index (χ3n) is 4.10. The van der Waals surface area contributed by atoms with Gasteiger partial charge in [-0.2, -0.15) is 9.97 Å². The summed E-state index contributed by atoms with van der Waals surface area (Å²) in [6.07, 6.45) is 0. The summed E-state index contributed by atoms with van der Waals surface area (Å²) in [7, 11) is -3.87. The van der Waals surface area contributed by atoms with E-state index in [1.165, 1.54) is 18.2 Å². The number of ether oxygens (including phenoxy) is 2. The van der Waals surface area contributed by atoms with Gasteiger partial charge in [0.25, 0.3) is 11.6 Å². The quantitative estimate of drug-likeness (QED) is 0.496. The van der Waals surface area contributed by atoms with E-state index in [2.05, 4.69) is 15.0 Å². The van der Waals surface area contributed by atoms with Crippen LogP contribution >= 0.6 is 0 Å². The molecule has 0 bridgehead atoms. The molecule has 0 fully saturated rings. The molecule has 0 spiro atoms. The maximum atomic E-state index is 11.6. The molecule has 0 amide bonds. The number of nitrogens with two attached hydrogens (primary N) is 1. The maximum absolute atomic E-state index is 11.6. The van der Waals surface area contributed by atoms with Gasteiger partial charge in [-0.1, -0.05) is 23.8 Å². The average Bonchev–Trinajstić information content (AvgIpc) is 3.12. The summed E-state index contributed by atoms with van der Waals surface area (Å²) in [6, 6.07) is 13.3. The summed E-state index contributed by atoms with van der Waals surface area (Å²) in [6.45, 7) is 4.13. The first-order chi connectivity index (χ1) is 14.3. The Labute approximate surface area is 172 Å². The number of sulfonamides is 1. The Hall–Kier alpha value is -3.50. The van der Waals surface area contributed by atoms with Gasteiger partial charge in [0.05, 0.1) is 11.5 Å². The molecule has 10 heteroatoms. The first-order valence-electron chi connectivity index (χ1n) is 9.02. The van der Waals surface area contributed by atoms with Crippen LogP contribution in [0.2, 0.25) is 0 Å². The number of hydrogen-bond acceptors (Lipinski definition) is 8. The molecule has 0 saturated heterocycles. The molecule has 0 aliphatic heterocycles. The van der Waals surface area contributed by atoms with E-state index in [9.17, 15) is 8.42 Å². The first-order valence-corrected chi connectivity index (χ1v) is 10.6. The molecule has 4 aromatic rings. The Balaban J connectivity index is 1.76. The van der Waals surface area contributed by atoms with Crippen molar-refractivity contribution < 1.29 is 22.3 Å². The number of aryl methyl sites for hydroxylation is 1. The largest absolute Gasteiger partial charge is 0.476 e. The van der Waals surface area contributed by atoms with Gasteiger partial charge in [0.1, 0.15) is 5.75 Å². The van der Waals surface area contributed by atoms with Crippen LogP contribution in [0.5, 0.6) is 17.6 Å². The van der Waals surface area contributed by atoms with Crippen molar-refractivity contribution in [3.8, 4) is 29.1 Å². The molecular weight excluding hydrogens is 408 g/mol. The number of hydrogen-bond donors (Lipinski definition) is 1. The predicted molar refractivity (Wildman–Crippen MR) is 109 cm³/mol. The predicted octanol–water partition coefficient (Wildman–Crippen LogP) is 3.43. The monoisotopic (exact) mass is 426 g/mol. The standard InChI is InChI=1S/C20H18N4O5S/c1-3-27-18-16-19(29-17(22-16)13-7-4-6-12(2)10-13)24-20(23-18)28-14-8-5-9-15(11-14)30(21,25)26/h4-11H,3H2,1-2H3,(H2,21,25,26). The van der Waals surface area contributed by atoms with E-state index in [4.69, 9.17) is 19.0 Å². The SMILES string of the molecule is CCOc1nc(Oc2cccc(S(N)(=O)=O)c2)nc2oc(-c3cccc(C)c3)nc12. The van der Waals surface area contributed by atoms with Crippen molar-refractivity contribution in [1.29, 1.82) is 0 Å². The number of fused-ring (bicyclic) bond motifs is 1. The number of benzene rings is 2. The molecule has 2 N–H and O–H groups in total. The second-order valence-electron chi connectivity index (χ2n) is 6.41. The Kier molecular flexibility index (Phi) is 5.10. The van der Waals surface area contributed by atoms with Gasteiger partial charge >= 0.3 is 6.01 Å². The van der Waals surface area contributed by atoms with Gasteiger partial charge in [-0.25, -0.2) is 18.5 Å². The topological polar surface area (TPSA) is 130 Å². The molecule has 2 aromatic carbocycles. The van der Waals surface area contributed by atoms with E-state index >= 15 is 0 Å². The molecule has 0 radical (unpaired) electrons. The number of oxazole rings is 1. The lowest BCUT2D eigenvalue weighted by molar-refractivity contribution is 0.322. The Morgan fingerprint density at radius 2 is 1.87 bits per heavy atom. The lowest BCUT2D eigenvalue weighted by Crippen LogP contribution is -2.11. The van der Waals surface area contributed by atoms with Crippen LogP contribution in [-0.2, 0) is 10.0 Å². The van der Waals surface area contributed by atoms with Crippen LogP contribution in [0.1, 0.15) is 12.5 Å². The van der Waals surface area contributed by atoms with Gasteiger partial charge in [0.15, 0.2) is 5.52 Å². The molecule has 30 heavy (non-hydrogen) atoms. The van der Waals surface area contributed by atoms with Gasteiger partial charge in [0.2, 0.25) is 15.9 Å². The zero-order chi connectivity index (χ0) is 21.3. The minimum absolute atomic E-state index is 0.0792. The van der Waals surface area contributed by atoms with Gasteiger partial charge in [0, 0.05) is 11.6 Å². The van der Waals surface area contributed by atoms with E-state index in [1.807, 2.05) is 38.1 Å². The molecule has 0 aliphatic rings. The molecule has 154 valence electrons. The lowest BCUT2D eigenvalue weighted by atomic mass is 10.1. The fraction of sp³-hybridized carbons (Fsp3) is 0.150. The zero-order valence-electron chi connectivity index (χ0n) is 16.2. The Bertz CT molecular complexity index is 1330. The van der Waals surface area contributed by atoms with Crippen LogP contribution in [0.15, 0.2) is 57.8 Å². The Morgan fingerprint density at radius 3 is 2.60 bits per heavy atom. The van der Waals surface area contributed by atoms with E-state index < -0.39 is 10.0 Å². The van der Waals surface area contributed by atoms with Gasteiger partial charge in [-0.15, -0.1) is 0 Å². The minimum Gasteiger partial charge on any atom is -0.476 e. The minimum atomic E-state index is -3.87. The van der Waals surface area contributed by atoms with Crippen LogP contribution in [0.4, 0.5) is 0 Å². The van der Waals surface area contributed by atoms with Crippen molar-refractivity contribution in [2.24, 2.45) is 5.14 Å². The number of nitrogens with zero attached hydrogens (tertiary/aromatic N) is 3. The highest BCUT2D eigenvalue weighted by atomic mass is 32.2. The first kappa shape index (κ1) is 19.8. The van der Waals surface area contributed by atoms with E-state index in [-0.39, 0.29) is 28.2 Å². The highest BCUT2D eigenvalue weighted by Gasteiger charge is 2.19. The second-order valence-corrected chi connectivity index (χ2v) is 7.97. The van der Waals surface area contributed by atoms with Gasteiger partial charge in [-0.3, -0.25) is 0 Å². The smallest absolute Gasteiger partial charge is 0.328 e. The third kappa shape index (κ3) is 4.09. The lowest BCUT2D eigenvalue weighted by Gasteiger charge is -2.07. The molecule has 0 saturated carbocycles. The van der Waals surface area contributed by atoms with Crippen molar-refractivity contribution in [2.75, 3.05) is 6.61 Å². The second kappa shape index (κ2) is 7.73. The van der Waals surface area contributed by atoms with E-state index in [0.29, 0.717) is 18.0 Å². The summed E-state index contributed by atoms with van der Waals surface area (Å²) in [5, 5.41) is 5.17. The molecule has 4 rings (SSSR count). The van der Waals surface area contributed by atoms with E-state index in [1.54, 1.807) is 6.07 Å². The molecule has 2 heterocycles. The summed E-state index contributed by atoms with van der Waals surface area (Å²) < 4.78 is 40.1. The van der Waals surface area contributed by atoms with Crippen LogP contribution < -0.4 is 14.6 Å². The van der Waals surface area contributed by atoms with Gasteiger partial charge in [-0.05, 0) is 38.1 Å². The molecular formula is C20H18N4O5S. The van der Waals surface area contributed by atoms with Crippen molar-refractivity contribution in [2.45, 2.75) is 18.7 Å². The fourth-order valence-corrected chi connectivity index (χ4v) is 3.33. The highest BCUT2D eigenvalue weighted by Crippen LogP contribution is 2.31. The number of rotatable bonds is 6.